The normalized spacial score (nSPS) is 25.3. The molecule has 1 atom stereocenters. The molecule has 4 heteroatoms. The van der Waals surface area contributed by atoms with Gasteiger partial charge in [0, 0.05) is 30.4 Å². The molecule has 0 radical (unpaired) electrons. The zero-order valence-electron chi connectivity index (χ0n) is 12.9. The molecule has 1 saturated carbocycles. The van der Waals surface area contributed by atoms with E-state index in [1.165, 1.54) is 32.1 Å². The van der Waals surface area contributed by atoms with Crippen LogP contribution in [0.4, 0.5) is 10.1 Å². The lowest BCUT2D eigenvalue weighted by atomic mass is 9.79. The van der Waals surface area contributed by atoms with E-state index in [4.69, 9.17) is 0 Å². The summed E-state index contributed by atoms with van der Waals surface area (Å²) < 4.78 is 14.5. The van der Waals surface area contributed by atoms with Gasteiger partial charge in [0.1, 0.15) is 5.82 Å². The number of aryl methyl sites for hydroxylation is 1. The zero-order valence-corrected chi connectivity index (χ0v) is 14.5. The van der Waals surface area contributed by atoms with Gasteiger partial charge >= 0.3 is 0 Å². The molecule has 0 aromatic heterocycles. The average Bonchev–Trinajstić information content (AvgIpc) is 2.47. The van der Waals surface area contributed by atoms with Crippen molar-refractivity contribution in [2.45, 2.75) is 57.5 Å². The summed E-state index contributed by atoms with van der Waals surface area (Å²) in [7, 11) is 0. The van der Waals surface area contributed by atoms with E-state index in [-0.39, 0.29) is 11.4 Å². The van der Waals surface area contributed by atoms with Crippen molar-refractivity contribution in [1.82, 2.24) is 5.32 Å². The number of anilines is 1. The van der Waals surface area contributed by atoms with Gasteiger partial charge in [-0.1, -0.05) is 19.3 Å². The lowest BCUT2D eigenvalue weighted by Gasteiger charge is -2.50. The molecule has 1 aromatic carbocycles. The van der Waals surface area contributed by atoms with Crippen LogP contribution in [0.25, 0.3) is 0 Å². The van der Waals surface area contributed by atoms with Crippen molar-refractivity contribution in [2.24, 2.45) is 0 Å². The Kier molecular flexibility index (Phi) is 4.28. The second kappa shape index (κ2) is 5.88. The second-order valence-electron chi connectivity index (χ2n) is 6.75. The van der Waals surface area contributed by atoms with Crippen LogP contribution >= 0.6 is 15.9 Å². The molecule has 1 heterocycles. The summed E-state index contributed by atoms with van der Waals surface area (Å²) >= 11 is 3.28. The molecule has 21 heavy (non-hydrogen) atoms. The van der Waals surface area contributed by atoms with Crippen molar-refractivity contribution in [3.63, 3.8) is 0 Å². The lowest BCUT2D eigenvalue weighted by Crippen LogP contribution is -2.64. The molecule has 1 saturated heterocycles. The fourth-order valence-electron chi connectivity index (χ4n) is 3.84. The Morgan fingerprint density at radius 3 is 2.71 bits per heavy atom. The van der Waals surface area contributed by atoms with E-state index in [2.05, 4.69) is 40.0 Å². The minimum Gasteiger partial charge on any atom is -0.365 e. The van der Waals surface area contributed by atoms with Crippen molar-refractivity contribution < 1.29 is 4.39 Å². The van der Waals surface area contributed by atoms with Gasteiger partial charge in [-0.2, -0.15) is 0 Å². The maximum Gasteiger partial charge on any atom is 0.139 e. The van der Waals surface area contributed by atoms with Crippen LogP contribution in [0.5, 0.6) is 0 Å². The number of nitrogens with zero attached hydrogens (tertiary/aromatic N) is 1. The molecule has 1 aromatic rings. The van der Waals surface area contributed by atoms with Crippen molar-refractivity contribution in [3.05, 3.63) is 28.0 Å². The third-order valence-corrected chi connectivity index (χ3v) is 5.74. The maximum atomic E-state index is 14.0. The minimum atomic E-state index is -0.168. The Bertz CT molecular complexity index is 526. The van der Waals surface area contributed by atoms with Gasteiger partial charge in [0.15, 0.2) is 0 Å². The molecule has 1 aliphatic carbocycles. The Morgan fingerprint density at radius 2 is 2.00 bits per heavy atom. The number of piperazine rings is 1. The van der Waals surface area contributed by atoms with E-state index >= 15 is 0 Å². The van der Waals surface area contributed by atoms with E-state index in [9.17, 15) is 4.39 Å². The number of hydrogen-bond acceptors (Lipinski definition) is 2. The molecule has 2 fully saturated rings. The van der Waals surface area contributed by atoms with Crippen LogP contribution in [-0.2, 0) is 0 Å². The molecule has 1 unspecified atom stereocenters. The summed E-state index contributed by atoms with van der Waals surface area (Å²) in [6.07, 6.45) is 6.46. The maximum absolute atomic E-state index is 14.0. The van der Waals surface area contributed by atoms with Crippen molar-refractivity contribution in [2.75, 3.05) is 18.0 Å². The van der Waals surface area contributed by atoms with Gasteiger partial charge in [0.25, 0.3) is 0 Å². The van der Waals surface area contributed by atoms with E-state index in [1.54, 1.807) is 6.07 Å². The van der Waals surface area contributed by atoms with Crippen LogP contribution in [0.2, 0.25) is 0 Å². The lowest BCUT2D eigenvalue weighted by molar-refractivity contribution is 0.200. The molecular formula is C17H24BrFN2. The molecule has 0 bridgehead atoms. The Balaban J connectivity index is 1.90. The molecule has 116 valence electrons. The van der Waals surface area contributed by atoms with Crippen LogP contribution in [0.15, 0.2) is 16.6 Å². The largest absolute Gasteiger partial charge is 0.365 e. The van der Waals surface area contributed by atoms with Gasteiger partial charge < -0.3 is 10.2 Å². The summed E-state index contributed by atoms with van der Waals surface area (Å²) in [5.74, 6) is -0.168. The first-order chi connectivity index (χ1) is 10.0. The zero-order chi connectivity index (χ0) is 15.0. The first-order valence-electron chi connectivity index (χ1n) is 7.98. The first-order valence-corrected chi connectivity index (χ1v) is 8.77. The second-order valence-corrected chi connectivity index (χ2v) is 7.61. The van der Waals surface area contributed by atoms with Crippen LogP contribution in [0.1, 0.15) is 44.6 Å². The summed E-state index contributed by atoms with van der Waals surface area (Å²) in [5.41, 5.74) is 2.43. The fourth-order valence-corrected chi connectivity index (χ4v) is 4.30. The number of halogens is 2. The summed E-state index contributed by atoms with van der Waals surface area (Å²) in [6, 6.07) is 3.99. The monoisotopic (exact) mass is 354 g/mol. The van der Waals surface area contributed by atoms with Crippen molar-refractivity contribution in [1.29, 1.82) is 0 Å². The summed E-state index contributed by atoms with van der Waals surface area (Å²) in [6.45, 7) is 6.27. The van der Waals surface area contributed by atoms with E-state index < -0.39 is 0 Å². The fraction of sp³-hybridized carbons (Fsp3) is 0.647. The molecule has 2 nitrogen and oxygen atoms in total. The third kappa shape index (κ3) is 2.98. The average molecular weight is 355 g/mol. The number of rotatable bonds is 1. The summed E-state index contributed by atoms with van der Waals surface area (Å²) in [5, 5.41) is 3.78. The topological polar surface area (TPSA) is 15.3 Å². The minimum absolute atomic E-state index is 0.168. The van der Waals surface area contributed by atoms with Gasteiger partial charge in [-0.05, 0) is 60.3 Å². The molecule has 2 aliphatic rings. The van der Waals surface area contributed by atoms with Gasteiger partial charge in [-0.15, -0.1) is 0 Å². The predicted molar refractivity (Wildman–Crippen MR) is 89.5 cm³/mol. The quantitative estimate of drug-likeness (QED) is 0.803. The smallest absolute Gasteiger partial charge is 0.139 e. The van der Waals surface area contributed by atoms with E-state index in [0.29, 0.717) is 10.5 Å². The number of nitrogens with one attached hydrogen (secondary N) is 1. The first kappa shape index (κ1) is 15.3. The van der Waals surface area contributed by atoms with Gasteiger partial charge in [0.2, 0.25) is 0 Å². The highest BCUT2D eigenvalue weighted by atomic mass is 79.9. The van der Waals surface area contributed by atoms with Crippen LogP contribution in [-0.4, -0.2) is 24.7 Å². The van der Waals surface area contributed by atoms with Crippen LogP contribution in [0.3, 0.4) is 0 Å². The Morgan fingerprint density at radius 1 is 1.29 bits per heavy atom. The van der Waals surface area contributed by atoms with Gasteiger partial charge in [-0.25, -0.2) is 4.39 Å². The molecule has 0 amide bonds. The molecule has 1 N–H and O–H groups in total. The summed E-state index contributed by atoms with van der Waals surface area (Å²) in [4.78, 5) is 2.41. The van der Waals surface area contributed by atoms with Crippen LogP contribution < -0.4 is 10.2 Å². The van der Waals surface area contributed by atoms with Crippen molar-refractivity contribution >= 4 is 21.6 Å². The predicted octanol–water partition coefficient (Wildman–Crippen LogP) is 4.40. The van der Waals surface area contributed by atoms with E-state index in [1.807, 2.05) is 6.07 Å². The number of hydrogen-bond donors (Lipinski definition) is 1. The van der Waals surface area contributed by atoms with Gasteiger partial charge in [-0.3, -0.25) is 0 Å². The van der Waals surface area contributed by atoms with Crippen LogP contribution in [0, 0.1) is 12.7 Å². The molecule has 1 aliphatic heterocycles. The third-order valence-electron chi connectivity index (χ3n) is 5.14. The molecule has 3 rings (SSSR count). The SMILES string of the molecule is Cc1cc(Br)c(F)cc1N1CC2(CCCCC2)NCC1C. The highest BCUT2D eigenvalue weighted by Crippen LogP contribution is 2.36. The number of benzene rings is 1. The highest BCUT2D eigenvalue weighted by molar-refractivity contribution is 9.10. The highest BCUT2D eigenvalue weighted by Gasteiger charge is 2.39. The molecular weight excluding hydrogens is 331 g/mol. The standard InChI is InChI=1S/C17H24BrFN2/c1-12-8-14(18)15(19)9-16(12)21-11-17(20-10-13(21)2)6-4-3-5-7-17/h8-9,13,20H,3-7,10-11H2,1-2H3. The Hall–Kier alpha value is -0.610. The Labute approximate surface area is 135 Å². The van der Waals surface area contributed by atoms with Crippen molar-refractivity contribution in [3.8, 4) is 0 Å². The van der Waals surface area contributed by atoms with Gasteiger partial charge in [0.05, 0.1) is 4.47 Å². The van der Waals surface area contributed by atoms with E-state index in [0.717, 1.165) is 24.3 Å². The molecule has 1 spiro atoms.